The summed E-state index contributed by atoms with van der Waals surface area (Å²) in [5.74, 6) is -0.504. The molecule has 4 nitrogen and oxygen atoms in total. The Morgan fingerprint density at radius 1 is 0.722 bits per heavy atom. The first-order valence-corrected chi connectivity index (χ1v) is 12.8. The van der Waals surface area contributed by atoms with Crippen LogP contribution in [0.25, 0.3) is 5.57 Å². The molecular formula is C32H38O4. The van der Waals surface area contributed by atoms with E-state index in [4.69, 9.17) is 0 Å². The number of rotatable bonds is 7. The molecule has 0 fully saturated rings. The number of carbonyl (C=O) groups excluding carboxylic acids is 1. The minimum absolute atomic E-state index is 0.0168. The molecule has 0 aliphatic heterocycles. The Bertz CT molecular complexity index is 1220. The fraction of sp³-hybridized carbons (Fsp3) is 0.375. The molecule has 4 heteroatoms. The predicted octanol–water partition coefficient (Wildman–Crippen LogP) is 7.89. The van der Waals surface area contributed by atoms with E-state index >= 15 is 0 Å². The Balaban J connectivity index is 2.55. The first-order chi connectivity index (χ1) is 16.8. The molecule has 0 heterocycles. The van der Waals surface area contributed by atoms with E-state index in [0.717, 1.165) is 27.8 Å². The van der Waals surface area contributed by atoms with E-state index in [0.29, 0.717) is 16.7 Å². The lowest BCUT2D eigenvalue weighted by Crippen LogP contribution is -2.19. The third-order valence-electron chi connectivity index (χ3n) is 6.81. The fourth-order valence-electron chi connectivity index (χ4n) is 4.75. The lowest BCUT2D eigenvalue weighted by molar-refractivity contribution is -0.113. The zero-order valence-corrected chi connectivity index (χ0v) is 22.6. The molecule has 0 amide bonds. The van der Waals surface area contributed by atoms with Gasteiger partial charge in [-0.1, -0.05) is 73.6 Å². The van der Waals surface area contributed by atoms with Gasteiger partial charge >= 0.3 is 5.97 Å². The summed E-state index contributed by atoms with van der Waals surface area (Å²) in [4.78, 5) is 25.6. The molecule has 0 unspecified atom stereocenters. The number of hydrogen-bond acceptors (Lipinski definition) is 3. The summed E-state index contributed by atoms with van der Waals surface area (Å²) in [5.41, 5.74) is 6.24. The number of phenols is 1. The van der Waals surface area contributed by atoms with Crippen molar-refractivity contribution in [2.75, 3.05) is 0 Å². The average Bonchev–Trinajstić information content (AvgIpc) is 2.80. The second-order valence-electron chi connectivity index (χ2n) is 10.8. The molecule has 0 saturated carbocycles. The lowest BCUT2D eigenvalue weighted by Gasteiger charge is -2.25. The third kappa shape index (κ3) is 5.23. The van der Waals surface area contributed by atoms with Gasteiger partial charge in [0.2, 0.25) is 0 Å². The number of carboxylic acids is 1. The molecule has 36 heavy (non-hydrogen) atoms. The molecule has 2 aromatic rings. The van der Waals surface area contributed by atoms with E-state index in [1.165, 1.54) is 0 Å². The van der Waals surface area contributed by atoms with Gasteiger partial charge in [0.15, 0.2) is 5.78 Å². The highest BCUT2D eigenvalue weighted by atomic mass is 16.4. The van der Waals surface area contributed by atoms with Crippen LogP contribution in [-0.2, 0) is 4.79 Å². The number of carboxylic acid groups (broad SMARTS) is 1. The Morgan fingerprint density at radius 3 is 1.56 bits per heavy atom. The normalized spacial score (nSPS) is 14.1. The van der Waals surface area contributed by atoms with E-state index in [1.807, 2.05) is 91.8 Å². The number of ketones is 1. The van der Waals surface area contributed by atoms with Crippen molar-refractivity contribution in [3.05, 3.63) is 93.1 Å². The number of benzene rings is 2. The summed E-state index contributed by atoms with van der Waals surface area (Å²) in [6, 6.07) is 10.9. The van der Waals surface area contributed by atoms with Crippen molar-refractivity contribution < 1.29 is 19.8 Å². The number of allylic oxidation sites excluding steroid dienone is 5. The smallest absolute Gasteiger partial charge is 0.336 e. The first-order valence-electron chi connectivity index (χ1n) is 12.8. The van der Waals surface area contributed by atoms with E-state index in [1.54, 1.807) is 12.1 Å². The molecule has 190 valence electrons. The molecule has 0 radical (unpaired) electrons. The standard InChI is InChI=1S/C32H38O4/c1-17(2)25-13-21(14-26(18(3)4)30(25)33)29(23-11-9-10-12-24(23)32(35)36)22-15-27(19(5)6)31(34)28(16-22)20(7)8/h9-20,33H,1-8H3,(H,35,36). The molecule has 0 spiro atoms. The molecule has 2 N–H and O–H groups in total. The Kier molecular flexibility index (Phi) is 8.08. The maximum Gasteiger partial charge on any atom is 0.336 e. The van der Waals surface area contributed by atoms with Crippen LogP contribution in [0.2, 0.25) is 0 Å². The van der Waals surface area contributed by atoms with Crippen LogP contribution < -0.4 is 0 Å². The van der Waals surface area contributed by atoms with Crippen molar-refractivity contribution >= 4 is 17.3 Å². The second-order valence-corrected chi connectivity index (χ2v) is 10.8. The highest BCUT2D eigenvalue weighted by Gasteiger charge is 2.28. The van der Waals surface area contributed by atoms with Gasteiger partial charge in [0.1, 0.15) is 5.75 Å². The molecule has 3 rings (SSSR count). The van der Waals surface area contributed by atoms with Crippen LogP contribution in [0.1, 0.15) is 99.8 Å². The van der Waals surface area contributed by atoms with E-state index in [-0.39, 0.29) is 40.8 Å². The van der Waals surface area contributed by atoms with Gasteiger partial charge in [-0.25, -0.2) is 4.79 Å². The molecular weight excluding hydrogens is 448 g/mol. The van der Waals surface area contributed by atoms with Gasteiger partial charge in [-0.15, -0.1) is 0 Å². The number of aromatic carboxylic acids is 1. The summed E-state index contributed by atoms with van der Waals surface area (Å²) in [6.07, 6.45) is 3.84. The quantitative estimate of drug-likeness (QED) is 0.417. The SMILES string of the molecule is CC(C)C1=CC(=C(c2cc(C(C)C)c(O)c(C(C)C)c2)c2ccccc2C(=O)O)C=C(C(C)C)C1=O. The second kappa shape index (κ2) is 10.7. The maximum atomic E-state index is 13.3. The molecule has 0 saturated heterocycles. The van der Waals surface area contributed by atoms with Gasteiger partial charge in [0, 0.05) is 11.1 Å². The molecule has 0 atom stereocenters. The highest BCUT2D eigenvalue weighted by molar-refractivity contribution is 6.12. The number of phenolic OH excluding ortho intramolecular Hbond substituents is 1. The van der Waals surface area contributed by atoms with E-state index < -0.39 is 5.97 Å². The van der Waals surface area contributed by atoms with Gasteiger partial charge < -0.3 is 10.2 Å². The summed E-state index contributed by atoms with van der Waals surface area (Å²) < 4.78 is 0. The van der Waals surface area contributed by atoms with E-state index in [9.17, 15) is 19.8 Å². The number of hydrogen-bond donors (Lipinski definition) is 2. The van der Waals surface area contributed by atoms with Crippen LogP contribution in [-0.4, -0.2) is 22.0 Å². The molecule has 1 aliphatic carbocycles. The van der Waals surface area contributed by atoms with Crippen LogP contribution in [0, 0.1) is 11.8 Å². The largest absolute Gasteiger partial charge is 0.507 e. The molecule has 1 aliphatic rings. The number of Topliss-reactive ketones (excluding diaryl/α,β-unsaturated/α-hetero) is 1. The van der Waals surface area contributed by atoms with Crippen LogP contribution in [0.5, 0.6) is 5.75 Å². The van der Waals surface area contributed by atoms with Crippen LogP contribution in [0.3, 0.4) is 0 Å². The summed E-state index contributed by atoms with van der Waals surface area (Å²) >= 11 is 0. The highest BCUT2D eigenvalue weighted by Crippen LogP contribution is 2.41. The maximum absolute atomic E-state index is 13.3. The zero-order valence-electron chi connectivity index (χ0n) is 22.6. The molecule has 2 aromatic carbocycles. The average molecular weight is 487 g/mol. The first kappa shape index (κ1) is 27.2. The van der Waals surface area contributed by atoms with Crippen molar-refractivity contribution in [1.29, 1.82) is 0 Å². The van der Waals surface area contributed by atoms with Crippen molar-refractivity contribution in [1.82, 2.24) is 0 Å². The number of aromatic hydroxyl groups is 1. The lowest BCUT2D eigenvalue weighted by atomic mass is 9.78. The Hall–Kier alpha value is -3.40. The van der Waals surface area contributed by atoms with Gasteiger partial charge in [-0.3, -0.25) is 4.79 Å². The predicted molar refractivity (Wildman–Crippen MR) is 147 cm³/mol. The minimum Gasteiger partial charge on any atom is -0.507 e. The van der Waals surface area contributed by atoms with Crippen molar-refractivity contribution in [3.8, 4) is 5.75 Å². The van der Waals surface area contributed by atoms with Gasteiger partial charge in [-0.05, 0) is 87.4 Å². The van der Waals surface area contributed by atoms with Crippen LogP contribution >= 0.6 is 0 Å². The van der Waals surface area contributed by atoms with Crippen LogP contribution in [0.15, 0.2) is 65.3 Å². The molecule has 0 bridgehead atoms. The van der Waals surface area contributed by atoms with Gasteiger partial charge in [0.05, 0.1) is 5.56 Å². The number of carbonyl (C=O) groups is 2. The topological polar surface area (TPSA) is 74.6 Å². The summed E-state index contributed by atoms with van der Waals surface area (Å²) in [6.45, 7) is 16.2. The minimum atomic E-state index is -1.01. The van der Waals surface area contributed by atoms with Crippen molar-refractivity contribution in [2.45, 2.75) is 67.2 Å². The summed E-state index contributed by atoms with van der Waals surface area (Å²) in [7, 11) is 0. The summed E-state index contributed by atoms with van der Waals surface area (Å²) in [5, 5.41) is 21.1. The van der Waals surface area contributed by atoms with Crippen molar-refractivity contribution in [3.63, 3.8) is 0 Å². The van der Waals surface area contributed by atoms with Gasteiger partial charge in [0.25, 0.3) is 0 Å². The van der Waals surface area contributed by atoms with Crippen molar-refractivity contribution in [2.24, 2.45) is 11.8 Å². The molecule has 0 aromatic heterocycles. The Labute approximate surface area is 215 Å². The van der Waals surface area contributed by atoms with Gasteiger partial charge in [-0.2, -0.15) is 0 Å². The monoisotopic (exact) mass is 486 g/mol. The zero-order chi connectivity index (χ0) is 26.9. The van der Waals surface area contributed by atoms with E-state index in [2.05, 4.69) is 0 Å². The Morgan fingerprint density at radius 2 is 1.17 bits per heavy atom. The van der Waals surface area contributed by atoms with Crippen LogP contribution in [0.4, 0.5) is 0 Å². The third-order valence-corrected chi connectivity index (χ3v) is 6.81. The fourth-order valence-corrected chi connectivity index (χ4v) is 4.75.